The van der Waals surface area contributed by atoms with E-state index in [1.165, 1.54) is 7.11 Å². The lowest BCUT2D eigenvalue weighted by Gasteiger charge is -2.29. The Morgan fingerprint density at radius 2 is 1.65 bits per heavy atom. The summed E-state index contributed by atoms with van der Waals surface area (Å²) in [5.41, 5.74) is 1.70. The minimum Gasteiger partial charge on any atom is -0.455 e. The number of carbonyl (C=O) groups is 3. The first-order chi connectivity index (χ1) is 19.4. The van der Waals surface area contributed by atoms with E-state index in [0.29, 0.717) is 24.8 Å². The second-order valence-corrected chi connectivity index (χ2v) is 9.63. The van der Waals surface area contributed by atoms with Crippen LogP contribution in [-0.4, -0.2) is 55.3 Å². The van der Waals surface area contributed by atoms with Gasteiger partial charge in [-0.1, -0.05) is 72.8 Å². The van der Waals surface area contributed by atoms with Crippen LogP contribution in [0.5, 0.6) is 0 Å². The molecule has 0 saturated carbocycles. The highest BCUT2D eigenvalue weighted by Crippen LogP contribution is 2.24. The Balaban J connectivity index is 2.13. The van der Waals surface area contributed by atoms with Gasteiger partial charge in [0.05, 0.1) is 31.2 Å². The molecule has 0 unspecified atom stereocenters. The zero-order valence-corrected chi connectivity index (χ0v) is 23.3. The van der Waals surface area contributed by atoms with E-state index in [2.05, 4.69) is 23.8 Å². The fraction of sp³-hybridized carbons (Fsp3) is 0.406. The number of methoxy groups -OCH3 is 1. The van der Waals surface area contributed by atoms with Crippen LogP contribution < -0.4 is 10.6 Å². The summed E-state index contributed by atoms with van der Waals surface area (Å²) >= 11 is 0. The summed E-state index contributed by atoms with van der Waals surface area (Å²) in [6.45, 7) is 7.28. The maximum atomic E-state index is 13.4. The molecule has 0 aromatic heterocycles. The van der Waals surface area contributed by atoms with Crippen molar-refractivity contribution >= 4 is 17.8 Å². The number of rotatable bonds is 19. The predicted octanol–water partition coefficient (Wildman–Crippen LogP) is 4.06. The molecule has 0 aliphatic carbocycles. The molecule has 2 amide bonds. The number of allylic oxidation sites excluding steroid dienone is 2. The van der Waals surface area contributed by atoms with Gasteiger partial charge in [0, 0.05) is 20.0 Å². The Morgan fingerprint density at radius 3 is 2.25 bits per heavy atom. The molecular formula is C32H42N2O6. The lowest BCUT2D eigenvalue weighted by molar-refractivity contribution is -0.153. The zero-order chi connectivity index (χ0) is 29.2. The van der Waals surface area contributed by atoms with Gasteiger partial charge < -0.3 is 25.2 Å². The topological polar surface area (TPSA) is 114 Å². The van der Waals surface area contributed by atoms with Crippen LogP contribution in [0.25, 0.3) is 0 Å². The van der Waals surface area contributed by atoms with Crippen LogP contribution in [0.1, 0.15) is 49.3 Å². The first-order valence-corrected chi connectivity index (χ1v) is 13.6. The molecule has 0 bridgehead atoms. The van der Waals surface area contributed by atoms with E-state index in [1.807, 2.05) is 60.7 Å². The molecule has 0 aliphatic rings. The van der Waals surface area contributed by atoms with E-state index in [4.69, 9.17) is 9.47 Å². The van der Waals surface area contributed by atoms with Crippen molar-refractivity contribution in [2.45, 2.75) is 56.7 Å². The maximum absolute atomic E-state index is 13.4. The second kappa shape index (κ2) is 18.5. The summed E-state index contributed by atoms with van der Waals surface area (Å²) in [5.74, 6) is -1.84. The Bertz CT molecular complexity index is 1060. The molecule has 2 aromatic carbocycles. The van der Waals surface area contributed by atoms with E-state index >= 15 is 0 Å². The third-order valence-electron chi connectivity index (χ3n) is 6.38. The average Bonchev–Trinajstić information content (AvgIpc) is 2.96. The number of carbonyl (C=O) groups excluding carboxylic acids is 3. The van der Waals surface area contributed by atoms with Crippen molar-refractivity contribution in [3.8, 4) is 0 Å². The summed E-state index contributed by atoms with van der Waals surface area (Å²) < 4.78 is 11.2. The molecule has 0 spiro atoms. The molecule has 2 aromatic rings. The van der Waals surface area contributed by atoms with Gasteiger partial charge in [-0.05, 0) is 36.8 Å². The van der Waals surface area contributed by atoms with Crippen molar-refractivity contribution in [2.75, 3.05) is 20.3 Å². The first kappa shape index (κ1) is 32.5. The number of ether oxygens (including phenoxy) is 2. The van der Waals surface area contributed by atoms with Crippen LogP contribution in [0.3, 0.4) is 0 Å². The number of esters is 1. The molecule has 0 aliphatic heterocycles. The van der Waals surface area contributed by atoms with Gasteiger partial charge in [-0.3, -0.25) is 14.4 Å². The van der Waals surface area contributed by atoms with Crippen LogP contribution >= 0.6 is 0 Å². The van der Waals surface area contributed by atoms with E-state index < -0.39 is 24.1 Å². The van der Waals surface area contributed by atoms with Crippen molar-refractivity contribution in [1.29, 1.82) is 0 Å². The molecule has 8 nitrogen and oxygen atoms in total. The maximum Gasteiger partial charge on any atom is 0.306 e. The summed E-state index contributed by atoms with van der Waals surface area (Å²) in [4.78, 5) is 39.0. The number of benzene rings is 2. The molecule has 0 saturated heterocycles. The van der Waals surface area contributed by atoms with E-state index in [1.54, 1.807) is 12.2 Å². The molecular weight excluding hydrogens is 508 g/mol. The summed E-state index contributed by atoms with van der Waals surface area (Å²) in [6, 6.07) is 17.5. The molecule has 2 rings (SSSR count). The molecule has 3 N–H and O–H groups in total. The quantitative estimate of drug-likeness (QED) is 0.138. The highest BCUT2D eigenvalue weighted by atomic mass is 16.5. The minimum atomic E-state index is -0.788. The van der Waals surface area contributed by atoms with Gasteiger partial charge in [-0.25, -0.2) is 0 Å². The Kier molecular flexibility index (Phi) is 15.0. The Labute approximate surface area is 237 Å². The van der Waals surface area contributed by atoms with Gasteiger partial charge >= 0.3 is 5.97 Å². The molecule has 216 valence electrons. The number of hydrogen-bond acceptors (Lipinski definition) is 6. The average molecular weight is 551 g/mol. The highest BCUT2D eigenvalue weighted by molar-refractivity contribution is 5.86. The van der Waals surface area contributed by atoms with Crippen LogP contribution in [0.15, 0.2) is 86.0 Å². The lowest BCUT2D eigenvalue weighted by atomic mass is 9.97. The third-order valence-corrected chi connectivity index (χ3v) is 6.38. The van der Waals surface area contributed by atoms with Gasteiger partial charge in [-0.15, -0.1) is 13.2 Å². The number of unbranched alkanes of at least 4 members (excludes halogenated alkanes) is 1. The molecule has 0 fully saturated rings. The lowest BCUT2D eigenvalue weighted by Crippen LogP contribution is -2.47. The van der Waals surface area contributed by atoms with Crippen molar-refractivity contribution < 1.29 is 29.0 Å². The monoisotopic (exact) mass is 550 g/mol. The van der Waals surface area contributed by atoms with Crippen LogP contribution in [-0.2, 0) is 30.3 Å². The summed E-state index contributed by atoms with van der Waals surface area (Å²) in [5, 5.41) is 15.6. The van der Waals surface area contributed by atoms with E-state index in [-0.39, 0.29) is 50.3 Å². The van der Waals surface area contributed by atoms with Crippen molar-refractivity contribution in [3.05, 3.63) is 97.1 Å². The van der Waals surface area contributed by atoms with Crippen LogP contribution in [0.4, 0.5) is 0 Å². The summed E-state index contributed by atoms with van der Waals surface area (Å²) in [7, 11) is 1.50. The van der Waals surface area contributed by atoms with E-state index in [9.17, 15) is 19.5 Å². The van der Waals surface area contributed by atoms with Gasteiger partial charge in [0.15, 0.2) is 0 Å². The molecule has 0 heterocycles. The smallest absolute Gasteiger partial charge is 0.306 e. The van der Waals surface area contributed by atoms with Gasteiger partial charge in [0.1, 0.15) is 6.10 Å². The van der Waals surface area contributed by atoms with Crippen molar-refractivity contribution in [2.24, 2.45) is 5.92 Å². The largest absolute Gasteiger partial charge is 0.455 e. The van der Waals surface area contributed by atoms with Crippen LogP contribution in [0.2, 0.25) is 0 Å². The molecule has 8 heteroatoms. The van der Waals surface area contributed by atoms with Crippen molar-refractivity contribution in [3.63, 3.8) is 0 Å². The van der Waals surface area contributed by atoms with Crippen molar-refractivity contribution in [1.82, 2.24) is 10.6 Å². The molecule has 0 radical (unpaired) electrons. The molecule has 4 atom stereocenters. The third kappa shape index (κ3) is 11.6. The number of aliphatic hydroxyl groups is 1. The standard InChI is InChI=1S/C32H42N2O6/c1-4-6-9-19-30(37)40-31(25-17-12-8-13-18-25)28(23-39-3)34-32(38)26(14-5-2)21-29(36)33-27(22-35)20-24-15-10-7-11-16-24/h4-5,7-8,10-13,15-18,26-28,31,35H,1-2,6,9,14,19-23H2,3H3,(H,33,36)(H,34,38)/t26-,27+,28-,31-/m0/s1. The fourth-order valence-electron chi connectivity index (χ4n) is 4.36. The minimum absolute atomic E-state index is 0.0852. The zero-order valence-electron chi connectivity index (χ0n) is 23.3. The SMILES string of the molecule is C=CCCCC(=O)O[C@@H](c1ccccc1)[C@H](COC)NC(=O)[C@@H](CC=C)CC(=O)N[C@@H](CO)Cc1ccccc1. The first-order valence-electron chi connectivity index (χ1n) is 13.6. The highest BCUT2D eigenvalue weighted by Gasteiger charge is 2.31. The number of nitrogens with one attached hydrogen (secondary N) is 2. The van der Waals surface area contributed by atoms with Gasteiger partial charge in [0.2, 0.25) is 11.8 Å². The Morgan fingerprint density at radius 1 is 0.975 bits per heavy atom. The van der Waals surface area contributed by atoms with Gasteiger partial charge in [-0.2, -0.15) is 0 Å². The predicted molar refractivity (Wildman–Crippen MR) is 155 cm³/mol. The Hall–Kier alpha value is -3.75. The van der Waals surface area contributed by atoms with Crippen LogP contribution in [0, 0.1) is 5.92 Å². The number of amides is 2. The van der Waals surface area contributed by atoms with E-state index in [0.717, 1.165) is 5.56 Å². The number of hydrogen-bond donors (Lipinski definition) is 3. The molecule has 40 heavy (non-hydrogen) atoms. The fourth-order valence-corrected chi connectivity index (χ4v) is 4.36. The second-order valence-electron chi connectivity index (χ2n) is 9.63. The summed E-state index contributed by atoms with van der Waals surface area (Å²) in [6.07, 6.45) is 4.70. The van der Waals surface area contributed by atoms with Gasteiger partial charge in [0.25, 0.3) is 0 Å². The number of aliphatic hydroxyl groups excluding tert-OH is 1. The normalized spacial score (nSPS) is 13.8.